The topological polar surface area (TPSA) is 78.5 Å². The zero-order valence-electron chi connectivity index (χ0n) is 13.4. The van der Waals surface area contributed by atoms with Crippen LogP contribution in [0.1, 0.15) is 26.7 Å². The lowest BCUT2D eigenvalue weighted by Gasteiger charge is -2.29. The Bertz CT molecular complexity index is 727. The summed E-state index contributed by atoms with van der Waals surface area (Å²) >= 11 is 1.58. The first-order valence-corrected chi connectivity index (χ1v) is 8.63. The molecule has 0 spiro atoms. The molecule has 0 bridgehead atoms. The predicted molar refractivity (Wildman–Crippen MR) is 90.1 cm³/mol. The molecule has 0 radical (unpaired) electrons. The highest BCUT2D eigenvalue weighted by atomic mass is 32.2. The number of carbonyl (C=O) groups is 3. The second kappa shape index (κ2) is 6.08. The van der Waals surface area contributed by atoms with Crippen LogP contribution >= 0.6 is 11.8 Å². The van der Waals surface area contributed by atoms with E-state index in [0.717, 1.165) is 0 Å². The number of nitrogens with one attached hydrogen (secondary N) is 2. The molecule has 24 heavy (non-hydrogen) atoms. The Morgan fingerprint density at radius 3 is 2.83 bits per heavy atom. The minimum absolute atomic E-state index is 0.0171. The summed E-state index contributed by atoms with van der Waals surface area (Å²) in [5.74, 6) is -0.861. The Morgan fingerprint density at radius 2 is 2.12 bits per heavy atom. The first kappa shape index (κ1) is 16.8. The molecular weight excluding hydrogens is 333 g/mol. The van der Waals surface area contributed by atoms with Crippen LogP contribution in [0, 0.1) is 5.82 Å². The van der Waals surface area contributed by atoms with E-state index in [1.54, 1.807) is 16.7 Å². The molecule has 2 fully saturated rings. The molecule has 0 aromatic heterocycles. The number of halogens is 1. The zero-order valence-corrected chi connectivity index (χ0v) is 14.2. The maximum absolute atomic E-state index is 14.0. The fraction of sp³-hybridized carbons (Fsp3) is 0.438. The molecule has 128 valence electrons. The highest BCUT2D eigenvalue weighted by molar-refractivity contribution is 8.01. The van der Waals surface area contributed by atoms with Crippen molar-refractivity contribution in [2.45, 2.75) is 37.6 Å². The maximum atomic E-state index is 14.0. The van der Waals surface area contributed by atoms with Gasteiger partial charge in [0.15, 0.2) is 0 Å². The fourth-order valence-corrected chi connectivity index (χ4v) is 4.56. The van der Waals surface area contributed by atoms with Crippen LogP contribution in [0.2, 0.25) is 0 Å². The number of fused-ring (bicyclic) bond motifs is 1. The summed E-state index contributed by atoms with van der Waals surface area (Å²) in [6.07, 6.45) is 1.15. The van der Waals surface area contributed by atoms with Crippen molar-refractivity contribution in [3.05, 3.63) is 24.0 Å². The summed E-state index contributed by atoms with van der Waals surface area (Å²) < 4.78 is 14.0. The standard InChI is InChI=1S/C16H18FN3O3S/c1-9(21)18-10-3-4-11(17)12(7-10)19-15(23)13-8-24-16(2)6-5-14(22)20(13)16/h3-4,7,13H,5-6,8H2,1-2H3,(H,18,21)(H,19,23)/t13-,16-/m1/s1. The van der Waals surface area contributed by atoms with Crippen LogP contribution in [-0.2, 0) is 14.4 Å². The highest BCUT2D eigenvalue weighted by Gasteiger charge is 2.52. The molecule has 2 saturated heterocycles. The smallest absolute Gasteiger partial charge is 0.248 e. The van der Waals surface area contributed by atoms with Gasteiger partial charge in [0.2, 0.25) is 17.7 Å². The predicted octanol–water partition coefficient (Wildman–Crippen LogP) is 2.18. The molecule has 0 aliphatic carbocycles. The van der Waals surface area contributed by atoms with E-state index in [2.05, 4.69) is 10.6 Å². The Balaban J connectivity index is 1.78. The quantitative estimate of drug-likeness (QED) is 0.875. The van der Waals surface area contributed by atoms with E-state index in [4.69, 9.17) is 0 Å². The average Bonchev–Trinajstić information content (AvgIpc) is 2.99. The van der Waals surface area contributed by atoms with E-state index < -0.39 is 17.8 Å². The number of amides is 3. The molecule has 3 amide bonds. The molecular formula is C16H18FN3O3S. The first-order valence-electron chi connectivity index (χ1n) is 7.64. The van der Waals surface area contributed by atoms with Gasteiger partial charge in [0.05, 0.1) is 10.6 Å². The van der Waals surface area contributed by atoms with E-state index in [1.807, 2.05) is 6.92 Å². The summed E-state index contributed by atoms with van der Waals surface area (Å²) in [5, 5.41) is 5.08. The second-order valence-electron chi connectivity index (χ2n) is 6.13. The zero-order chi connectivity index (χ0) is 17.5. The normalized spacial score (nSPS) is 25.5. The summed E-state index contributed by atoms with van der Waals surface area (Å²) in [6, 6.07) is 3.34. The second-order valence-corrected chi connectivity index (χ2v) is 7.63. The van der Waals surface area contributed by atoms with Crippen LogP contribution in [0.15, 0.2) is 18.2 Å². The van der Waals surface area contributed by atoms with Gasteiger partial charge in [-0.05, 0) is 31.5 Å². The SMILES string of the molecule is CC(=O)Nc1ccc(F)c(NC(=O)[C@H]2CS[C@]3(C)CCC(=O)N23)c1. The van der Waals surface area contributed by atoms with Gasteiger partial charge in [0.1, 0.15) is 11.9 Å². The molecule has 2 atom stereocenters. The van der Waals surface area contributed by atoms with Crippen LogP contribution < -0.4 is 10.6 Å². The molecule has 8 heteroatoms. The van der Waals surface area contributed by atoms with Gasteiger partial charge in [-0.15, -0.1) is 11.8 Å². The summed E-state index contributed by atoms with van der Waals surface area (Å²) in [5.41, 5.74) is 0.374. The molecule has 0 saturated carbocycles. The van der Waals surface area contributed by atoms with E-state index in [0.29, 0.717) is 24.3 Å². The lowest BCUT2D eigenvalue weighted by molar-refractivity contribution is -0.135. The number of hydrogen-bond donors (Lipinski definition) is 2. The number of anilines is 2. The van der Waals surface area contributed by atoms with Gasteiger partial charge >= 0.3 is 0 Å². The summed E-state index contributed by atoms with van der Waals surface area (Å²) in [4.78, 5) is 37.0. The van der Waals surface area contributed by atoms with E-state index in [1.165, 1.54) is 25.1 Å². The minimum Gasteiger partial charge on any atom is -0.326 e. The van der Waals surface area contributed by atoms with Gasteiger partial charge in [0.25, 0.3) is 0 Å². The summed E-state index contributed by atoms with van der Waals surface area (Å²) in [7, 11) is 0. The number of rotatable bonds is 3. The maximum Gasteiger partial charge on any atom is 0.248 e. The van der Waals surface area contributed by atoms with E-state index in [9.17, 15) is 18.8 Å². The van der Waals surface area contributed by atoms with Crippen molar-refractivity contribution in [2.24, 2.45) is 0 Å². The van der Waals surface area contributed by atoms with Gasteiger partial charge in [0, 0.05) is 24.8 Å². The fourth-order valence-electron chi connectivity index (χ4n) is 3.13. The van der Waals surface area contributed by atoms with Crippen LogP contribution in [0.4, 0.5) is 15.8 Å². The van der Waals surface area contributed by atoms with Crippen molar-refractivity contribution in [1.29, 1.82) is 0 Å². The molecule has 0 unspecified atom stereocenters. The minimum atomic E-state index is -0.612. The molecule has 3 rings (SSSR count). The number of benzene rings is 1. The lowest BCUT2D eigenvalue weighted by atomic mass is 10.2. The van der Waals surface area contributed by atoms with Crippen LogP contribution in [0.3, 0.4) is 0 Å². The van der Waals surface area contributed by atoms with E-state index >= 15 is 0 Å². The molecule has 2 aliphatic rings. The largest absolute Gasteiger partial charge is 0.326 e. The van der Waals surface area contributed by atoms with E-state index in [-0.39, 0.29) is 22.4 Å². The van der Waals surface area contributed by atoms with Crippen LogP contribution in [-0.4, -0.2) is 39.3 Å². The highest BCUT2D eigenvalue weighted by Crippen LogP contribution is 2.47. The van der Waals surface area contributed by atoms with Crippen molar-refractivity contribution in [1.82, 2.24) is 4.90 Å². The third kappa shape index (κ3) is 2.98. The molecule has 6 nitrogen and oxygen atoms in total. The van der Waals surface area contributed by atoms with Gasteiger partial charge in [-0.25, -0.2) is 4.39 Å². The van der Waals surface area contributed by atoms with Gasteiger partial charge in [-0.1, -0.05) is 0 Å². The third-order valence-corrected chi connectivity index (χ3v) is 5.80. The van der Waals surface area contributed by atoms with Crippen molar-refractivity contribution >= 4 is 40.9 Å². The van der Waals surface area contributed by atoms with Crippen molar-refractivity contribution < 1.29 is 18.8 Å². The van der Waals surface area contributed by atoms with Gasteiger partial charge in [-0.2, -0.15) is 0 Å². The average molecular weight is 351 g/mol. The Kier molecular flexibility index (Phi) is 4.25. The van der Waals surface area contributed by atoms with Crippen molar-refractivity contribution in [3.63, 3.8) is 0 Å². The molecule has 2 aliphatic heterocycles. The number of thioether (sulfide) groups is 1. The molecule has 2 heterocycles. The van der Waals surface area contributed by atoms with Gasteiger partial charge in [-0.3, -0.25) is 14.4 Å². The molecule has 2 N–H and O–H groups in total. The van der Waals surface area contributed by atoms with Crippen LogP contribution in [0.25, 0.3) is 0 Å². The monoisotopic (exact) mass is 351 g/mol. The Hall–Kier alpha value is -2.09. The summed E-state index contributed by atoms with van der Waals surface area (Å²) in [6.45, 7) is 3.30. The third-order valence-electron chi connectivity index (χ3n) is 4.29. The van der Waals surface area contributed by atoms with Crippen molar-refractivity contribution in [3.8, 4) is 0 Å². The van der Waals surface area contributed by atoms with Crippen LogP contribution in [0.5, 0.6) is 0 Å². The molecule has 1 aromatic carbocycles. The number of carbonyl (C=O) groups excluding carboxylic acids is 3. The Morgan fingerprint density at radius 1 is 1.38 bits per heavy atom. The van der Waals surface area contributed by atoms with Gasteiger partial charge < -0.3 is 15.5 Å². The van der Waals surface area contributed by atoms with Crippen molar-refractivity contribution in [2.75, 3.05) is 16.4 Å². The molecule has 1 aromatic rings. The number of nitrogens with zero attached hydrogens (tertiary/aromatic N) is 1. The number of hydrogen-bond acceptors (Lipinski definition) is 4. The lowest BCUT2D eigenvalue weighted by Crippen LogP contribution is -2.48. The Labute approximate surface area is 143 Å². The first-order chi connectivity index (χ1) is 11.3.